The summed E-state index contributed by atoms with van der Waals surface area (Å²) in [5.41, 5.74) is 4.00. The number of piperidine rings is 1. The summed E-state index contributed by atoms with van der Waals surface area (Å²) in [6.07, 6.45) is 10.1. The van der Waals surface area contributed by atoms with Crippen molar-refractivity contribution in [2.45, 2.75) is 25.8 Å². The second kappa shape index (κ2) is 9.84. The predicted octanol–water partition coefficient (Wildman–Crippen LogP) is 4.43. The van der Waals surface area contributed by atoms with Gasteiger partial charge in [-0.25, -0.2) is 9.97 Å². The molecule has 1 aromatic carbocycles. The summed E-state index contributed by atoms with van der Waals surface area (Å²) >= 11 is 0. The van der Waals surface area contributed by atoms with Crippen LogP contribution in [0.3, 0.4) is 0 Å². The molecule has 0 spiro atoms. The average Bonchev–Trinajstić information content (AvgIpc) is 3.33. The van der Waals surface area contributed by atoms with Gasteiger partial charge in [0, 0.05) is 60.8 Å². The quantitative estimate of drug-likeness (QED) is 0.449. The largest absolute Gasteiger partial charge is 0.356 e. The molecule has 180 valence electrons. The van der Waals surface area contributed by atoms with E-state index in [1.807, 2.05) is 38.6 Å². The number of aromatic nitrogens is 5. The zero-order valence-corrected chi connectivity index (χ0v) is 20.8. The molecule has 0 amide bonds. The highest BCUT2D eigenvalue weighted by Crippen LogP contribution is 2.27. The fraction of sp³-hybridized carbons (Fsp3) is 0.333. The van der Waals surface area contributed by atoms with Crippen molar-refractivity contribution in [1.29, 1.82) is 0 Å². The molecule has 0 radical (unpaired) electrons. The number of hydrogen-bond acceptors (Lipinski definition) is 7. The van der Waals surface area contributed by atoms with Gasteiger partial charge < -0.3 is 15.1 Å². The lowest BCUT2D eigenvalue weighted by atomic mass is 10.0. The molecular weight excluding hydrogens is 436 g/mol. The lowest BCUT2D eigenvalue weighted by Gasteiger charge is -2.36. The number of nitrogens with zero attached hydrogens (tertiary/aromatic N) is 7. The molecule has 4 heterocycles. The van der Waals surface area contributed by atoms with E-state index in [-0.39, 0.29) is 0 Å². The molecule has 0 aliphatic carbocycles. The normalized spacial score (nSPS) is 15.2. The minimum atomic E-state index is 0.649. The Balaban J connectivity index is 1.35. The first kappa shape index (κ1) is 23.0. The van der Waals surface area contributed by atoms with E-state index in [2.05, 4.69) is 85.9 Å². The van der Waals surface area contributed by atoms with Gasteiger partial charge >= 0.3 is 0 Å². The fourth-order valence-corrected chi connectivity index (χ4v) is 4.67. The van der Waals surface area contributed by atoms with E-state index in [4.69, 9.17) is 0 Å². The van der Waals surface area contributed by atoms with Crippen molar-refractivity contribution in [3.63, 3.8) is 0 Å². The van der Waals surface area contributed by atoms with Crippen molar-refractivity contribution >= 4 is 28.1 Å². The number of allylic oxidation sites excluding steroid dienone is 1. The van der Waals surface area contributed by atoms with Crippen LogP contribution in [0.4, 0.5) is 11.6 Å². The molecule has 0 bridgehead atoms. The molecule has 8 heteroatoms. The molecule has 0 saturated carbocycles. The van der Waals surface area contributed by atoms with Crippen LogP contribution in [0.2, 0.25) is 0 Å². The molecule has 4 aromatic rings. The number of benzene rings is 1. The Morgan fingerprint density at radius 3 is 2.60 bits per heavy atom. The van der Waals surface area contributed by atoms with Crippen molar-refractivity contribution in [3.05, 3.63) is 66.6 Å². The lowest BCUT2D eigenvalue weighted by Crippen LogP contribution is -2.42. The van der Waals surface area contributed by atoms with E-state index in [0.29, 0.717) is 6.04 Å². The molecule has 1 aliphatic rings. The van der Waals surface area contributed by atoms with Crippen LogP contribution in [-0.4, -0.2) is 63.1 Å². The van der Waals surface area contributed by atoms with Gasteiger partial charge in [0.25, 0.3) is 0 Å². The topological polar surface area (TPSA) is 75.0 Å². The molecule has 1 saturated heterocycles. The lowest BCUT2D eigenvalue weighted by molar-refractivity contribution is 0.249. The highest BCUT2D eigenvalue weighted by Gasteiger charge is 2.21. The summed E-state index contributed by atoms with van der Waals surface area (Å²) in [5.74, 6) is 1.83. The first-order valence-corrected chi connectivity index (χ1v) is 12.1. The van der Waals surface area contributed by atoms with Crippen molar-refractivity contribution < 1.29 is 0 Å². The van der Waals surface area contributed by atoms with Crippen LogP contribution in [0.5, 0.6) is 0 Å². The zero-order valence-electron chi connectivity index (χ0n) is 20.8. The monoisotopic (exact) mass is 468 g/mol. The van der Waals surface area contributed by atoms with Crippen molar-refractivity contribution in [2.24, 2.45) is 7.05 Å². The summed E-state index contributed by atoms with van der Waals surface area (Å²) < 4.78 is 1.71. The van der Waals surface area contributed by atoms with Crippen LogP contribution < -0.4 is 10.2 Å². The van der Waals surface area contributed by atoms with Crippen LogP contribution >= 0.6 is 0 Å². The summed E-state index contributed by atoms with van der Waals surface area (Å²) in [6.45, 7) is 4.09. The fourth-order valence-electron chi connectivity index (χ4n) is 4.67. The van der Waals surface area contributed by atoms with Gasteiger partial charge in [-0.3, -0.25) is 4.68 Å². The standard InChI is InChI=1S/C27H32N8/c1-5-24(20-8-11-28-27(16-20)35-12-9-23(10-13-35)33(2)3)30-26-15-22-14-19(6-7-21(22)17-29-26)25-18-34(4)32-31-25/h5-8,11,14-18,23H,9-10,12-13H2,1-4H3,(H,29,30)/b24-5-. The Kier molecular flexibility index (Phi) is 6.46. The van der Waals surface area contributed by atoms with Gasteiger partial charge in [0.1, 0.15) is 17.3 Å². The van der Waals surface area contributed by atoms with Crippen molar-refractivity contribution in [1.82, 2.24) is 29.9 Å². The number of anilines is 2. The van der Waals surface area contributed by atoms with Crippen molar-refractivity contribution in [2.75, 3.05) is 37.4 Å². The Labute approximate surface area is 206 Å². The van der Waals surface area contributed by atoms with E-state index < -0.39 is 0 Å². The van der Waals surface area contributed by atoms with Crippen LogP contribution in [0.15, 0.2) is 61.1 Å². The number of pyridine rings is 2. The van der Waals surface area contributed by atoms with E-state index in [1.54, 1.807) is 4.68 Å². The third kappa shape index (κ3) is 5.02. The zero-order chi connectivity index (χ0) is 24.4. The van der Waals surface area contributed by atoms with E-state index in [1.165, 1.54) is 0 Å². The van der Waals surface area contributed by atoms with Gasteiger partial charge in [-0.2, -0.15) is 0 Å². The van der Waals surface area contributed by atoms with Crippen LogP contribution in [0.1, 0.15) is 25.3 Å². The predicted molar refractivity (Wildman–Crippen MR) is 142 cm³/mol. The van der Waals surface area contributed by atoms with E-state index in [0.717, 1.165) is 70.9 Å². The molecule has 3 aromatic heterocycles. The molecule has 1 fully saturated rings. The summed E-state index contributed by atoms with van der Waals surface area (Å²) in [7, 11) is 6.21. The smallest absolute Gasteiger partial charge is 0.130 e. The first-order valence-electron chi connectivity index (χ1n) is 12.1. The van der Waals surface area contributed by atoms with Gasteiger partial charge in [-0.15, -0.1) is 5.10 Å². The van der Waals surface area contributed by atoms with Crippen LogP contribution in [0, 0.1) is 0 Å². The number of hydrogen-bond donors (Lipinski definition) is 1. The molecule has 5 rings (SSSR count). The number of aryl methyl sites for hydroxylation is 1. The van der Waals surface area contributed by atoms with Crippen molar-refractivity contribution in [3.8, 4) is 11.3 Å². The Morgan fingerprint density at radius 2 is 1.89 bits per heavy atom. The second-order valence-electron chi connectivity index (χ2n) is 9.32. The third-order valence-corrected chi connectivity index (χ3v) is 6.75. The number of rotatable bonds is 6. The molecule has 1 N–H and O–H groups in total. The Morgan fingerprint density at radius 1 is 1.06 bits per heavy atom. The highest BCUT2D eigenvalue weighted by molar-refractivity contribution is 5.89. The van der Waals surface area contributed by atoms with Gasteiger partial charge in [0.15, 0.2) is 0 Å². The minimum Gasteiger partial charge on any atom is -0.356 e. The van der Waals surface area contributed by atoms with Gasteiger partial charge in [0.05, 0.1) is 6.20 Å². The summed E-state index contributed by atoms with van der Waals surface area (Å²) in [4.78, 5) is 14.0. The van der Waals surface area contributed by atoms with Gasteiger partial charge in [0.2, 0.25) is 0 Å². The van der Waals surface area contributed by atoms with Crippen LogP contribution in [-0.2, 0) is 7.05 Å². The summed E-state index contributed by atoms with van der Waals surface area (Å²) in [6, 6.07) is 13.2. The molecule has 1 aliphatic heterocycles. The molecule has 8 nitrogen and oxygen atoms in total. The van der Waals surface area contributed by atoms with Gasteiger partial charge in [-0.05, 0) is 63.5 Å². The molecule has 0 unspecified atom stereocenters. The summed E-state index contributed by atoms with van der Waals surface area (Å²) in [5, 5.41) is 14.0. The maximum absolute atomic E-state index is 4.67. The van der Waals surface area contributed by atoms with E-state index in [9.17, 15) is 0 Å². The Hall–Kier alpha value is -3.78. The second-order valence-corrected chi connectivity index (χ2v) is 9.32. The molecule has 0 atom stereocenters. The first-order chi connectivity index (χ1) is 17.0. The number of fused-ring (bicyclic) bond motifs is 1. The van der Waals surface area contributed by atoms with E-state index >= 15 is 0 Å². The average molecular weight is 469 g/mol. The van der Waals surface area contributed by atoms with Crippen LogP contribution in [0.25, 0.3) is 27.7 Å². The SMILES string of the molecule is C/C=C(\Nc1cc2cc(-c3cn(C)nn3)ccc2cn1)c1ccnc(N2CCC(N(C)C)CC2)c1. The molecular formula is C27H32N8. The third-order valence-electron chi connectivity index (χ3n) is 6.75. The number of nitrogens with one attached hydrogen (secondary N) is 1. The maximum atomic E-state index is 4.67. The minimum absolute atomic E-state index is 0.649. The maximum Gasteiger partial charge on any atom is 0.130 e. The Bertz CT molecular complexity index is 1350. The van der Waals surface area contributed by atoms with Gasteiger partial charge in [-0.1, -0.05) is 23.4 Å². The highest BCUT2D eigenvalue weighted by atomic mass is 15.4. The molecule has 35 heavy (non-hydrogen) atoms.